The van der Waals surface area contributed by atoms with E-state index < -0.39 is 5.60 Å². The van der Waals surface area contributed by atoms with E-state index in [1.807, 2.05) is 12.1 Å². The van der Waals surface area contributed by atoms with Crippen LogP contribution in [0.1, 0.15) is 55.7 Å². The van der Waals surface area contributed by atoms with Gasteiger partial charge in [-0.3, -0.25) is 0 Å². The number of hydrogen-bond acceptors (Lipinski definition) is 2. The van der Waals surface area contributed by atoms with Gasteiger partial charge in [0.15, 0.2) is 0 Å². The molecule has 1 fully saturated rings. The first-order chi connectivity index (χ1) is 13.0. The molecule has 1 aliphatic rings. The van der Waals surface area contributed by atoms with Crippen molar-refractivity contribution in [1.82, 2.24) is 4.90 Å². The summed E-state index contributed by atoms with van der Waals surface area (Å²) >= 11 is 6.55. The number of aryl methyl sites for hydroxylation is 1. The second kappa shape index (κ2) is 9.23. The third-order valence-corrected chi connectivity index (χ3v) is 6.49. The minimum Gasteiger partial charge on any atom is -0.390 e. The van der Waals surface area contributed by atoms with Gasteiger partial charge >= 0.3 is 0 Å². The highest BCUT2D eigenvalue weighted by Gasteiger charge is 2.44. The minimum absolute atomic E-state index is 0.140. The second-order valence-electron chi connectivity index (χ2n) is 8.22. The molecule has 1 saturated carbocycles. The Balaban J connectivity index is 1.78. The topological polar surface area (TPSA) is 23.5 Å². The molecule has 27 heavy (non-hydrogen) atoms. The van der Waals surface area contributed by atoms with Crippen molar-refractivity contribution >= 4 is 11.6 Å². The van der Waals surface area contributed by atoms with Crippen LogP contribution in [-0.2, 0) is 6.42 Å². The smallest absolute Gasteiger partial charge is 0.0694 e. The average Bonchev–Trinajstić information content (AvgIpc) is 2.66. The number of nitrogens with zero attached hydrogens (tertiary/aromatic N) is 1. The quantitative estimate of drug-likeness (QED) is 0.642. The Kier molecular flexibility index (Phi) is 6.97. The van der Waals surface area contributed by atoms with Crippen LogP contribution >= 0.6 is 11.6 Å². The van der Waals surface area contributed by atoms with Crippen LogP contribution in [0.2, 0.25) is 5.02 Å². The van der Waals surface area contributed by atoms with Crippen LogP contribution in [0.5, 0.6) is 0 Å². The number of hydrogen-bond donors (Lipinski definition) is 1. The summed E-state index contributed by atoms with van der Waals surface area (Å²) in [7, 11) is 4.21. The van der Waals surface area contributed by atoms with E-state index in [1.165, 1.54) is 12.0 Å². The standard InChI is InChI=1S/C24H32ClNO/c1-26(2)23(20-14-6-7-16-22(20)25)21-15-8-9-17-24(21,27)18-10-13-19-11-4-3-5-12-19/h3-7,11-12,14,16,21,23,27H,8-10,13,15,17-18H2,1-2H3. The molecule has 3 atom stereocenters. The Morgan fingerprint density at radius 3 is 2.48 bits per heavy atom. The molecule has 1 aliphatic carbocycles. The summed E-state index contributed by atoms with van der Waals surface area (Å²) in [6.07, 6.45) is 7.12. The van der Waals surface area contributed by atoms with Crippen molar-refractivity contribution in [2.45, 2.75) is 56.6 Å². The molecule has 3 rings (SSSR count). The van der Waals surface area contributed by atoms with Crippen molar-refractivity contribution in [3.8, 4) is 0 Å². The highest BCUT2D eigenvalue weighted by atomic mass is 35.5. The third-order valence-electron chi connectivity index (χ3n) is 6.14. The van der Waals surface area contributed by atoms with Gasteiger partial charge in [0.05, 0.1) is 5.60 Å². The molecular weight excluding hydrogens is 354 g/mol. The molecule has 2 aromatic carbocycles. The van der Waals surface area contributed by atoms with Gasteiger partial charge in [0, 0.05) is 17.0 Å². The first kappa shape index (κ1) is 20.4. The Morgan fingerprint density at radius 1 is 1.07 bits per heavy atom. The highest BCUT2D eigenvalue weighted by molar-refractivity contribution is 6.31. The second-order valence-corrected chi connectivity index (χ2v) is 8.63. The first-order valence-corrected chi connectivity index (χ1v) is 10.6. The lowest BCUT2D eigenvalue weighted by molar-refractivity contribution is -0.0841. The summed E-state index contributed by atoms with van der Waals surface area (Å²) in [6, 6.07) is 18.8. The zero-order valence-corrected chi connectivity index (χ0v) is 17.3. The molecule has 2 aromatic rings. The van der Waals surface area contributed by atoms with Crippen LogP contribution in [0.25, 0.3) is 0 Å². The van der Waals surface area contributed by atoms with Gasteiger partial charge in [-0.2, -0.15) is 0 Å². The van der Waals surface area contributed by atoms with E-state index in [4.69, 9.17) is 11.6 Å². The zero-order chi connectivity index (χ0) is 19.3. The zero-order valence-electron chi connectivity index (χ0n) is 16.6. The monoisotopic (exact) mass is 385 g/mol. The summed E-state index contributed by atoms with van der Waals surface area (Å²) in [4.78, 5) is 2.24. The van der Waals surface area contributed by atoms with E-state index in [-0.39, 0.29) is 12.0 Å². The van der Waals surface area contributed by atoms with Crippen molar-refractivity contribution in [1.29, 1.82) is 0 Å². The van der Waals surface area contributed by atoms with E-state index in [0.717, 1.165) is 49.1 Å². The van der Waals surface area contributed by atoms with Crippen molar-refractivity contribution in [2.75, 3.05) is 14.1 Å². The van der Waals surface area contributed by atoms with Crippen molar-refractivity contribution in [3.05, 3.63) is 70.7 Å². The average molecular weight is 386 g/mol. The van der Waals surface area contributed by atoms with Crippen LogP contribution in [0.3, 0.4) is 0 Å². The van der Waals surface area contributed by atoms with E-state index in [0.29, 0.717) is 0 Å². The van der Waals surface area contributed by atoms with E-state index in [1.54, 1.807) is 0 Å². The molecule has 0 bridgehead atoms. The summed E-state index contributed by atoms with van der Waals surface area (Å²) < 4.78 is 0. The molecule has 2 nitrogen and oxygen atoms in total. The molecule has 3 heteroatoms. The number of halogens is 1. The van der Waals surface area contributed by atoms with Gasteiger partial charge in [-0.1, -0.05) is 73.0 Å². The van der Waals surface area contributed by atoms with Gasteiger partial charge in [-0.05, 0) is 63.4 Å². The SMILES string of the molecule is CN(C)C(c1ccccc1Cl)C1CCCCC1(O)CCCc1ccccc1. The molecule has 0 aromatic heterocycles. The van der Waals surface area contributed by atoms with Crippen molar-refractivity contribution in [3.63, 3.8) is 0 Å². The normalized spacial score (nSPS) is 24.1. The summed E-state index contributed by atoms with van der Waals surface area (Å²) in [5.74, 6) is 0.205. The van der Waals surface area contributed by atoms with Crippen LogP contribution in [0, 0.1) is 5.92 Å². The lowest BCUT2D eigenvalue weighted by atomic mass is 9.68. The van der Waals surface area contributed by atoms with Gasteiger partial charge < -0.3 is 10.0 Å². The van der Waals surface area contributed by atoms with Gasteiger partial charge in [0.25, 0.3) is 0 Å². The molecular formula is C24H32ClNO. The Hall–Kier alpha value is -1.35. The molecule has 0 aliphatic heterocycles. The predicted molar refractivity (Wildman–Crippen MR) is 114 cm³/mol. The predicted octanol–water partition coefficient (Wildman–Crippen LogP) is 5.89. The van der Waals surface area contributed by atoms with Gasteiger partial charge in [0.1, 0.15) is 0 Å². The Bertz CT molecular complexity index is 717. The van der Waals surface area contributed by atoms with Crippen LogP contribution in [-0.4, -0.2) is 29.7 Å². The minimum atomic E-state index is -0.624. The van der Waals surface area contributed by atoms with Crippen LogP contribution in [0.15, 0.2) is 54.6 Å². The lowest BCUT2D eigenvalue weighted by Gasteiger charge is -2.46. The van der Waals surface area contributed by atoms with Gasteiger partial charge in [-0.25, -0.2) is 0 Å². The van der Waals surface area contributed by atoms with Crippen LogP contribution in [0.4, 0.5) is 0 Å². The fourth-order valence-electron chi connectivity index (χ4n) is 4.82. The fourth-order valence-corrected chi connectivity index (χ4v) is 5.07. The molecule has 146 valence electrons. The molecule has 0 spiro atoms. The first-order valence-electron chi connectivity index (χ1n) is 10.2. The Morgan fingerprint density at radius 2 is 1.78 bits per heavy atom. The molecule has 3 unspecified atom stereocenters. The maximum absolute atomic E-state index is 11.7. The number of benzene rings is 2. The number of aliphatic hydroxyl groups is 1. The summed E-state index contributed by atoms with van der Waals surface area (Å²) in [5.41, 5.74) is 1.86. The molecule has 0 radical (unpaired) electrons. The van der Waals surface area contributed by atoms with E-state index in [2.05, 4.69) is 61.5 Å². The molecule has 0 heterocycles. The van der Waals surface area contributed by atoms with Gasteiger partial charge in [-0.15, -0.1) is 0 Å². The Labute approximate surface area is 169 Å². The largest absolute Gasteiger partial charge is 0.390 e. The van der Waals surface area contributed by atoms with E-state index in [9.17, 15) is 5.11 Å². The van der Waals surface area contributed by atoms with Gasteiger partial charge in [0.2, 0.25) is 0 Å². The number of rotatable bonds is 7. The van der Waals surface area contributed by atoms with E-state index >= 15 is 0 Å². The summed E-state index contributed by atoms with van der Waals surface area (Å²) in [6.45, 7) is 0. The lowest BCUT2D eigenvalue weighted by Crippen LogP contribution is -2.47. The maximum atomic E-state index is 11.7. The van der Waals surface area contributed by atoms with Crippen molar-refractivity contribution < 1.29 is 5.11 Å². The third kappa shape index (κ3) is 4.93. The fraction of sp³-hybridized carbons (Fsp3) is 0.500. The molecule has 0 amide bonds. The molecule has 0 saturated heterocycles. The van der Waals surface area contributed by atoms with Crippen molar-refractivity contribution in [2.24, 2.45) is 5.92 Å². The molecule has 1 N–H and O–H groups in total. The highest BCUT2D eigenvalue weighted by Crippen LogP contribution is 2.47. The summed E-state index contributed by atoms with van der Waals surface area (Å²) in [5, 5.41) is 12.5. The maximum Gasteiger partial charge on any atom is 0.0694 e. The van der Waals surface area contributed by atoms with Crippen LogP contribution < -0.4 is 0 Å².